The van der Waals surface area contributed by atoms with Crippen LogP contribution in [0, 0.1) is 0 Å². The third-order valence-electron chi connectivity index (χ3n) is 2.42. The molecule has 2 heterocycles. The number of nitrogens with zero attached hydrogens (tertiary/aromatic N) is 1. The van der Waals surface area contributed by atoms with Crippen LogP contribution in [-0.2, 0) is 18.5 Å². The summed E-state index contributed by atoms with van der Waals surface area (Å²) < 4.78 is 1.16. The molecule has 18 heavy (non-hydrogen) atoms. The van der Waals surface area contributed by atoms with Gasteiger partial charge in [0.1, 0.15) is 0 Å². The molecule has 2 aromatic rings. The monoisotopic (exact) mass is 344 g/mol. The van der Waals surface area contributed by atoms with E-state index in [2.05, 4.69) is 63.8 Å². The van der Waals surface area contributed by atoms with Crippen LogP contribution in [0.2, 0.25) is 0 Å². The summed E-state index contributed by atoms with van der Waals surface area (Å²) in [4.78, 5) is 6.01. The van der Waals surface area contributed by atoms with Crippen molar-refractivity contribution in [3.05, 3.63) is 36.9 Å². The lowest BCUT2D eigenvalue weighted by Crippen LogP contribution is -2.14. The number of thiazole rings is 1. The first-order valence-electron chi connectivity index (χ1n) is 5.83. The van der Waals surface area contributed by atoms with Gasteiger partial charge >= 0.3 is 0 Å². The summed E-state index contributed by atoms with van der Waals surface area (Å²) in [5.41, 5.74) is 1.29. The highest BCUT2D eigenvalue weighted by Crippen LogP contribution is 2.25. The number of thiophene rings is 1. The molecule has 0 bridgehead atoms. The van der Waals surface area contributed by atoms with Crippen LogP contribution in [0.3, 0.4) is 0 Å². The van der Waals surface area contributed by atoms with E-state index in [-0.39, 0.29) is 5.41 Å². The van der Waals surface area contributed by atoms with Crippen LogP contribution >= 0.6 is 38.6 Å². The van der Waals surface area contributed by atoms with Gasteiger partial charge < -0.3 is 5.32 Å². The Kier molecular flexibility index (Phi) is 4.59. The van der Waals surface area contributed by atoms with E-state index in [0.29, 0.717) is 0 Å². The Hall–Kier alpha value is -0.230. The number of nitrogens with one attached hydrogen (secondary N) is 1. The van der Waals surface area contributed by atoms with E-state index in [0.717, 1.165) is 23.3 Å². The summed E-state index contributed by atoms with van der Waals surface area (Å²) in [6, 6.07) is 2.15. The quantitative estimate of drug-likeness (QED) is 0.879. The Bertz CT molecular complexity index is 511. The van der Waals surface area contributed by atoms with Crippen LogP contribution in [-0.4, -0.2) is 4.98 Å². The van der Waals surface area contributed by atoms with E-state index in [1.54, 1.807) is 22.7 Å². The fourth-order valence-corrected chi connectivity index (χ4v) is 3.82. The summed E-state index contributed by atoms with van der Waals surface area (Å²) >= 11 is 6.98. The number of halogens is 1. The third-order valence-corrected chi connectivity index (χ3v) is 5.43. The van der Waals surface area contributed by atoms with E-state index < -0.39 is 0 Å². The van der Waals surface area contributed by atoms with Gasteiger partial charge in [-0.1, -0.05) is 20.8 Å². The average Bonchev–Trinajstić information content (AvgIpc) is 2.87. The molecule has 0 spiro atoms. The van der Waals surface area contributed by atoms with Gasteiger partial charge in [0.2, 0.25) is 0 Å². The zero-order valence-corrected chi connectivity index (χ0v) is 14.0. The summed E-state index contributed by atoms with van der Waals surface area (Å²) in [7, 11) is 0. The van der Waals surface area contributed by atoms with E-state index in [1.165, 1.54) is 9.88 Å². The molecule has 98 valence electrons. The van der Waals surface area contributed by atoms with Crippen LogP contribution < -0.4 is 5.32 Å². The van der Waals surface area contributed by atoms with Crippen LogP contribution in [0.15, 0.2) is 21.3 Å². The van der Waals surface area contributed by atoms with E-state index in [4.69, 9.17) is 0 Å². The molecule has 0 saturated heterocycles. The minimum Gasteiger partial charge on any atom is -0.306 e. The molecule has 2 rings (SSSR count). The first kappa shape index (κ1) is 14.2. The summed E-state index contributed by atoms with van der Waals surface area (Å²) in [5.74, 6) is 0. The topological polar surface area (TPSA) is 24.9 Å². The predicted molar refractivity (Wildman–Crippen MR) is 83.4 cm³/mol. The fraction of sp³-hybridized carbons (Fsp3) is 0.462. The average molecular weight is 345 g/mol. The first-order valence-corrected chi connectivity index (χ1v) is 8.39. The summed E-state index contributed by atoms with van der Waals surface area (Å²) in [5, 5.41) is 8.90. The molecule has 0 aliphatic carbocycles. The van der Waals surface area contributed by atoms with Gasteiger partial charge in [-0.25, -0.2) is 4.98 Å². The summed E-state index contributed by atoms with van der Waals surface area (Å²) in [6.07, 6.45) is 0. The highest BCUT2D eigenvalue weighted by molar-refractivity contribution is 9.10. The van der Waals surface area contributed by atoms with Crippen molar-refractivity contribution < 1.29 is 0 Å². The van der Waals surface area contributed by atoms with Gasteiger partial charge in [0.05, 0.1) is 10.7 Å². The standard InChI is InChI=1S/C13H17BrN2S2/c1-13(2,3)12-16-10(8-18-12)5-15-6-11-4-9(14)7-17-11/h4,7-8,15H,5-6H2,1-3H3. The molecule has 0 amide bonds. The molecule has 5 heteroatoms. The van der Waals surface area contributed by atoms with Gasteiger partial charge in [0, 0.05) is 38.6 Å². The maximum atomic E-state index is 4.67. The summed E-state index contributed by atoms with van der Waals surface area (Å²) in [6.45, 7) is 8.34. The Morgan fingerprint density at radius 1 is 1.22 bits per heavy atom. The molecule has 0 saturated carbocycles. The van der Waals surface area contributed by atoms with Gasteiger partial charge in [-0.15, -0.1) is 22.7 Å². The zero-order valence-electron chi connectivity index (χ0n) is 10.8. The van der Waals surface area contributed by atoms with Crippen molar-refractivity contribution in [2.24, 2.45) is 0 Å². The van der Waals surface area contributed by atoms with Crippen LogP contribution in [0.25, 0.3) is 0 Å². The van der Waals surface area contributed by atoms with Crippen LogP contribution in [0.1, 0.15) is 36.3 Å². The SMILES string of the molecule is CC(C)(C)c1nc(CNCc2cc(Br)cs2)cs1. The molecule has 0 aliphatic rings. The number of hydrogen-bond donors (Lipinski definition) is 1. The number of hydrogen-bond acceptors (Lipinski definition) is 4. The molecule has 0 unspecified atom stereocenters. The van der Waals surface area contributed by atoms with Crippen molar-refractivity contribution in [2.75, 3.05) is 0 Å². The molecule has 0 atom stereocenters. The van der Waals surface area contributed by atoms with Crippen LogP contribution in [0.4, 0.5) is 0 Å². The van der Waals surface area contributed by atoms with Crippen molar-refractivity contribution in [1.29, 1.82) is 0 Å². The highest BCUT2D eigenvalue weighted by atomic mass is 79.9. The lowest BCUT2D eigenvalue weighted by molar-refractivity contribution is 0.579. The minimum absolute atomic E-state index is 0.154. The fourth-order valence-electron chi connectivity index (χ4n) is 1.49. The zero-order chi connectivity index (χ0) is 13.2. The Morgan fingerprint density at radius 3 is 2.56 bits per heavy atom. The molecule has 0 radical (unpaired) electrons. The predicted octanol–water partition coefficient (Wildman–Crippen LogP) is 4.55. The second-order valence-corrected chi connectivity index (χ2v) is 8.00. The molecule has 0 aromatic carbocycles. The van der Waals surface area contributed by atoms with Crippen molar-refractivity contribution in [3.63, 3.8) is 0 Å². The molecule has 0 fully saturated rings. The van der Waals surface area contributed by atoms with Gasteiger partial charge in [0.25, 0.3) is 0 Å². The van der Waals surface area contributed by atoms with E-state index in [9.17, 15) is 0 Å². The van der Waals surface area contributed by atoms with Gasteiger partial charge in [0.15, 0.2) is 0 Å². The maximum absolute atomic E-state index is 4.67. The van der Waals surface area contributed by atoms with Crippen LogP contribution in [0.5, 0.6) is 0 Å². The molecular weight excluding hydrogens is 328 g/mol. The number of rotatable bonds is 4. The smallest absolute Gasteiger partial charge is 0.0982 e. The Balaban J connectivity index is 1.85. The molecule has 2 nitrogen and oxygen atoms in total. The highest BCUT2D eigenvalue weighted by Gasteiger charge is 2.17. The lowest BCUT2D eigenvalue weighted by atomic mass is 9.98. The van der Waals surface area contributed by atoms with Crippen molar-refractivity contribution in [3.8, 4) is 0 Å². The van der Waals surface area contributed by atoms with Crippen molar-refractivity contribution >= 4 is 38.6 Å². The molecule has 2 aromatic heterocycles. The molecular formula is C13H17BrN2S2. The van der Waals surface area contributed by atoms with Gasteiger partial charge in [-0.3, -0.25) is 0 Å². The number of aromatic nitrogens is 1. The Morgan fingerprint density at radius 2 is 2.00 bits per heavy atom. The van der Waals surface area contributed by atoms with Gasteiger partial charge in [-0.05, 0) is 22.0 Å². The van der Waals surface area contributed by atoms with Gasteiger partial charge in [-0.2, -0.15) is 0 Å². The maximum Gasteiger partial charge on any atom is 0.0982 e. The van der Waals surface area contributed by atoms with Crippen molar-refractivity contribution in [2.45, 2.75) is 39.3 Å². The van der Waals surface area contributed by atoms with Crippen molar-refractivity contribution in [1.82, 2.24) is 10.3 Å². The van der Waals surface area contributed by atoms with E-state index >= 15 is 0 Å². The normalized spacial score (nSPS) is 12.0. The van der Waals surface area contributed by atoms with E-state index in [1.807, 2.05) is 0 Å². The third kappa shape index (κ3) is 3.88. The Labute approximate surface area is 125 Å². The minimum atomic E-state index is 0.154. The molecule has 0 aliphatic heterocycles. The second-order valence-electron chi connectivity index (χ2n) is 5.23. The lowest BCUT2D eigenvalue weighted by Gasteiger charge is -2.13. The largest absolute Gasteiger partial charge is 0.306 e. The molecule has 1 N–H and O–H groups in total. The second kappa shape index (κ2) is 5.82. The first-order chi connectivity index (χ1) is 8.45.